The molecule has 0 saturated heterocycles. The third kappa shape index (κ3) is 2.17. The fraction of sp³-hybridized carbons (Fsp3) is 0.0714. The molecule has 0 radical (unpaired) electrons. The molecule has 2 N–H and O–H groups in total. The first-order valence-electron chi connectivity index (χ1n) is 5.67. The topological polar surface area (TPSA) is 88.9 Å². The number of pyridine rings is 1. The predicted octanol–water partition coefficient (Wildman–Crippen LogP) is 1.26. The molecule has 20 heavy (non-hydrogen) atoms. The maximum absolute atomic E-state index is 12.9. The lowest BCUT2D eigenvalue weighted by molar-refractivity contribution is 0.0998. The minimum Gasteiger partial charge on any atom is -0.365 e. The van der Waals surface area contributed by atoms with E-state index in [2.05, 4.69) is 0 Å². The zero-order chi connectivity index (χ0) is 14.9. The number of nitrogens with two attached hydrogens (primary N) is 1. The summed E-state index contributed by atoms with van der Waals surface area (Å²) in [6.07, 6.45) is 1.42. The van der Waals surface area contributed by atoms with Crippen LogP contribution in [0.4, 0.5) is 4.39 Å². The molecule has 0 bridgehead atoms. The Bertz CT molecular complexity index is 786. The van der Waals surface area contributed by atoms with Crippen molar-refractivity contribution >= 4 is 5.91 Å². The third-order valence-electron chi connectivity index (χ3n) is 2.86. The molecule has 1 aromatic carbocycles. The molecule has 1 amide bonds. The molecule has 2 aromatic rings. The van der Waals surface area contributed by atoms with E-state index in [9.17, 15) is 14.0 Å². The largest absolute Gasteiger partial charge is 0.365 e. The second-order valence-electron chi connectivity index (χ2n) is 4.19. The maximum atomic E-state index is 12.9. The number of nitriles is 1. The Morgan fingerprint density at radius 1 is 1.35 bits per heavy atom. The number of carbonyl (C=O) groups is 1. The summed E-state index contributed by atoms with van der Waals surface area (Å²) in [5.41, 5.74) is 4.88. The van der Waals surface area contributed by atoms with E-state index in [1.54, 1.807) is 13.0 Å². The fourth-order valence-corrected chi connectivity index (χ4v) is 1.91. The molecule has 5 nitrogen and oxygen atoms in total. The van der Waals surface area contributed by atoms with E-state index in [4.69, 9.17) is 11.0 Å². The smallest absolute Gasteiger partial charge is 0.269 e. The summed E-state index contributed by atoms with van der Waals surface area (Å²) in [5, 5.41) is 9.01. The average Bonchev–Trinajstić information content (AvgIpc) is 2.41. The van der Waals surface area contributed by atoms with Crippen molar-refractivity contribution < 1.29 is 9.18 Å². The first-order valence-corrected chi connectivity index (χ1v) is 5.67. The molecule has 100 valence electrons. The minimum absolute atomic E-state index is 0.0409. The fourth-order valence-electron chi connectivity index (χ4n) is 1.91. The van der Waals surface area contributed by atoms with Crippen LogP contribution in [-0.2, 0) is 0 Å². The number of amides is 1. The van der Waals surface area contributed by atoms with Gasteiger partial charge in [-0.25, -0.2) is 4.39 Å². The van der Waals surface area contributed by atoms with Gasteiger partial charge in [-0.15, -0.1) is 0 Å². The molecule has 0 spiro atoms. The number of carbonyl (C=O) groups excluding carboxylic acids is 1. The Kier molecular flexibility index (Phi) is 3.36. The highest BCUT2D eigenvalue weighted by atomic mass is 19.1. The number of halogens is 1. The summed E-state index contributed by atoms with van der Waals surface area (Å²) in [7, 11) is 0. The Balaban J connectivity index is 2.80. The van der Waals surface area contributed by atoms with Gasteiger partial charge in [0.2, 0.25) is 0 Å². The Morgan fingerprint density at radius 3 is 2.45 bits per heavy atom. The lowest BCUT2D eigenvalue weighted by Crippen LogP contribution is -2.30. The van der Waals surface area contributed by atoms with Gasteiger partial charge in [0.15, 0.2) is 0 Å². The number of primary amides is 1. The predicted molar refractivity (Wildman–Crippen MR) is 70.0 cm³/mol. The van der Waals surface area contributed by atoms with E-state index in [1.165, 1.54) is 30.5 Å². The van der Waals surface area contributed by atoms with E-state index < -0.39 is 17.3 Å². The van der Waals surface area contributed by atoms with Crippen molar-refractivity contribution in [1.82, 2.24) is 4.57 Å². The number of hydrogen-bond acceptors (Lipinski definition) is 3. The molecule has 0 aliphatic rings. The number of benzene rings is 1. The summed E-state index contributed by atoms with van der Waals surface area (Å²) in [6.45, 7) is 1.59. The molecule has 0 aliphatic carbocycles. The molecule has 1 aromatic heterocycles. The molecule has 1 heterocycles. The van der Waals surface area contributed by atoms with Crippen LogP contribution in [0.15, 0.2) is 35.3 Å². The van der Waals surface area contributed by atoms with Crippen molar-refractivity contribution in [3.63, 3.8) is 0 Å². The zero-order valence-corrected chi connectivity index (χ0v) is 10.6. The van der Waals surface area contributed by atoms with Gasteiger partial charge in [-0.05, 0) is 36.8 Å². The van der Waals surface area contributed by atoms with Crippen molar-refractivity contribution in [2.45, 2.75) is 6.92 Å². The molecule has 0 atom stereocenters. The van der Waals surface area contributed by atoms with Crippen molar-refractivity contribution in [2.75, 3.05) is 0 Å². The number of aromatic nitrogens is 1. The van der Waals surface area contributed by atoms with Gasteiger partial charge in [-0.2, -0.15) is 5.26 Å². The molecule has 6 heteroatoms. The second kappa shape index (κ2) is 4.97. The molecular formula is C14H10FN3O2. The lowest BCUT2D eigenvalue weighted by Gasteiger charge is -2.10. The highest BCUT2D eigenvalue weighted by Crippen LogP contribution is 2.13. The van der Waals surface area contributed by atoms with Crippen LogP contribution in [0, 0.1) is 24.1 Å². The monoisotopic (exact) mass is 271 g/mol. The van der Waals surface area contributed by atoms with Crippen molar-refractivity contribution in [3.05, 3.63) is 63.3 Å². The van der Waals surface area contributed by atoms with E-state index in [-0.39, 0.29) is 11.1 Å². The van der Waals surface area contributed by atoms with Gasteiger partial charge < -0.3 is 5.73 Å². The zero-order valence-electron chi connectivity index (χ0n) is 10.6. The number of hydrogen-bond donors (Lipinski definition) is 1. The summed E-state index contributed by atoms with van der Waals surface area (Å²) >= 11 is 0. The highest BCUT2D eigenvalue weighted by Gasteiger charge is 2.18. The molecular weight excluding hydrogens is 261 g/mol. The Hall–Kier alpha value is -2.94. The van der Waals surface area contributed by atoms with Crippen LogP contribution in [0.1, 0.15) is 21.5 Å². The van der Waals surface area contributed by atoms with Gasteiger partial charge in [0.25, 0.3) is 11.5 Å². The maximum Gasteiger partial charge on any atom is 0.269 e. The molecule has 0 fully saturated rings. The number of nitrogens with zero attached hydrogens (tertiary/aromatic N) is 2. The summed E-state index contributed by atoms with van der Waals surface area (Å²) < 4.78 is 14.1. The SMILES string of the molecule is Cc1cn(-c2ccc(F)cc2)c(=O)c(C(N)=O)c1C#N. The molecule has 0 aliphatic heterocycles. The number of aryl methyl sites for hydroxylation is 1. The van der Waals surface area contributed by atoms with Gasteiger partial charge in [0, 0.05) is 11.9 Å². The van der Waals surface area contributed by atoms with Gasteiger partial charge in [-0.1, -0.05) is 0 Å². The summed E-state index contributed by atoms with van der Waals surface area (Å²) in [4.78, 5) is 23.6. The van der Waals surface area contributed by atoms with E-state index >= 15 is 0 Å². The van der Waals surface area contributed by atoms with Crippen LogP contribution < -0.4 is 11.3 Å². The highest BCUT2D eigenvalue weighted by molar-refractivity contribution is 5.95. The van der Waals surface area contributed by atoms with Crippen molar-refractivity contribution in [2.24, 2.45) is 5.73 Å². The number of rotatable bonds is 2. The molecule has 0 saturated carbocycles. The van der Waals surface area contributed by atoms with Gasteiger partial charge in [0.05, 0.1) is 5.56 Å². The van der Waals surface area contributed by atoms with Crippen LogP contribution in [0.2, 0.25) is 0 Å². The van der Waals surface area contributed by atoms with Crippen LogP contribution in [0.3, 0.4) is 0 Å². The van der Waals surface area contributed by atoms with Crippen LogP contribution in [-0.4, -0.2) is 10.5 Å². The third-order valence-corrected chi connectivity index (χ3v) is 2.86. The Labute approximate surface area is 113 Å². The normalized spacial score (nSPS) is 10.1. The standard InChI is InChI=1S/C14H10FN3O2/c1-8-7-18(10-4-2-9(15)3-5-10)14(20)12(13(17)19)11(8)6-16/h2-5,7H,1H3,(H2,17,19). The van der Waals surface area contributed by atoms with E-state index in [0.29, 0.717) is 11.3 Å². The van der Waals surface area contributed by atoms with Crippen LogP contribution in [0.5, 0.6) is 0 Å². The minimum atomic E-state index is -0.967. The summed E-state index contributed by atoms with van der Waals surface area (Å²) in [5.74, 6) is -1.41. The van der Waals surface area contributed by atoms with Gasteiger partial charge in [-0.3, -0.25) is 14.2 Å². The van der Waals surface area contributed by atoms with E-state index in [0.717, 1.165) is 4.57 Å². The molecule has 2 rings (SSSR count). The first kappa shape index (κ1) is 13.5. The molecule has 0 unspecified atom stereocenters. The summed E-state index contributed by atoms with van der Waals surface area (Å²) in [6, 6.07) is 6.98. The first-order chi connectivity index (χ1) is 9.45. The lowest BCUT2D eigenvalue weighted by atomic mass is 10.1. The quantitative estimate of drug-likeness (QED) is 0.891. The van der Waals surface area contributed by atoms with Crippen LogP contribution in [0.25, 0.3) is 5.69 Å². The van der Waals surface area contributed by atoms with Gasteiger partial charge in [0.1, 0.15) is 17.4 Å². The second-order valence-corrected chi connectivity index (χ2v) is 4.19. The Morgan fingerprint density at radius 2 is 1.95 bits per heavy atom. The van der Waals surface area contributed by atoms with E-state index in [1.807, 2.05) is 0 Å². The average molecular weight is 271 g/mol. The van der Waals surface area contributed by atoms with Gasteiger partial charge >= 0.3 is 0 Å². The van der Waals surface area contributed by atoms with Crippen molar-refractivity contribution in [1.29, 1.82) is 5.26 Å². The van der Waals surface area contributed by atoms with Crippen molar-refractivity contribution in [3.8, 4) is 11.8 Å². The van der Waals surface area contributed by atoms with Crippen LogP contribution >= 0.6 is 0 Å².